The molecule has 0 radical (unpaired) electrons. The van der Waals surface area contributed by atoms with Crippen LogP contribution in [0.1, 0.15) is 15.9 Å². The van der Waals surface area contributed by atoms with Gasteiger partial charge in [-0.2, -0.15) is 10.2 Å². The molecular formula is C19H16ClN3O5S. The molecule has 0 aliphatic heterocycles. The molecule has 3 aromatic rings. The maximum atomic E-state index is 12.8. The van der Waals surface area contributed by atoms with Gasteiger partial charge in [0.05, 0.1) is 29.5 Å². The smallest absolute Gasteiger partial charge is 0.338 e. The maximum absolute atomic E-state index is 12.8. The number of benzene rings is 2. The van der Waals surface area contributed by atoms with E-state index in [0.29, 0.717) is 16.3 Å². The maximum Gasteiger partial charge on any atom is 0.338 e. The van der Waals surface area contributed by atoms with Gasteiger partial charge in [0, 0.05) is 16.8 Å². The van der Waals surface area contributed by atoms with E-state index in [1.54, 1.807) is 18.2 Å². The fourth-order valence-electron chi connectivity index (χ4n) is 2.39. The summed E-state index contributed by atoms with van der Waals surface area (Å²) in [6.07, 6.45) is 2.95. The highest BCUT2D eigenvalue weighted by Gasteiger charge is 2.19. The molecule has 0 aliphatic carbocycles. The number of methoxy groups -OCH3 is 1. The second-order valence-corrected chi connectivity index (χ2v) is 7.92. The first-order valence-corrected chi connectivity index (χ1v) is 10.1. The highest BCUT2D eigenvalue weighted by Crippen LogP contribution is 2.30. The number of ether oxygens (including phenoxy) is 2. The molecule has 2 aromatic carbocycles. The first-order chi connectivity index (χ1) is 13.9. The molecule has 0 unspecified atom stereocenters. The Morgan fingerprint density at radius 3 is 2.69 bits per heavy atom. The van der Waals surface area contributed by atoms with Crippen LogP contribution < -0.4 is 9.46 Å². The Morgan fingerprint density at radius 2 is 1.97 bits per heavy atom. The molecule has 8 nitrogen and oxygen atoms in total. The van der Waals surface area contributed by atoms with E-state index in [1.807, 2.05) is 0 Å². The van der Waals surface area contributed by atoms with E-state index >= 15 is 0 Å². The van der Waals surface area contributed by atoms with E-state index in [-0.39, 0.29) is 22.8 Å². The minimum atomic E-state index is -4.00. The zero-order chi connectivity index (χ0) is 20.9. The first-order valence-electron chi connectivity index (χ1n) is 8.28. The number of hydrogen-bond acceptors (Lipinski definition) is 7. The molecule has 29 heavy (non-hydrogen) atoms. The standard InChI is InChI=1S/C19H16ClN3O5S/c1-27-18-6-5-15(20)10-17(18)23-29(25,26)16-4-2-3-14(9-16)19(24)28-12-13-7-8-21-22-11-13/h2-11,23H,12H2,1H3. The third-order valence-corrected chi connectivity index (χ3v) is 5.40. The van der Waals surface area contributed by atoms with Crippen LogP contribution in [0, 0.1) is 0 Å². The lowest BCUT2D eigenvalue weighted by molar-refractivity contribution is 0.0472. The normalized spacial score (nSPS) is 11.0. The van der Waals surface area contributed by atoms with Gasteiger partial charge in [-0.1, -0.05) is 17.7 Å². The second kappa shape index (κ2) is 8.89. The molecule has 1 aromatic heterocycles. The summed E-state index contributed by atoms with van der Waals surface area (Å²) >= 11 is 5.94. The highest BCUT2D eigenvalue weighted by molar-refractivity contribution is 7.92. The summed E-state index contributed by atoms with van der Waals surface area (Å²) in [7, 11) is -2.59. The predicted octanol–water partition coefficient (Wildman–Crippen LogP) is 3.30. The Morgan fingerprint density at radius 1 is 1.14 bits per heavy atom. The summed E-state index contributed by atoms with van der Waals surface area (Å²) in [5.74, 6) is -0.362. The van der Waals surface area contributed by atoms with E-state index in [0.717, 1.165) is 0 Å². The van der Waals surface area contributed by atoms with Gasteiger partial charge in [0.25, 0.3) is 10.0 Å². The number of sulfonamides is 1. The van der Waals surface area contributed by atoms with Gasteiger partial charge in [-0.25, -0.2) is 13.2 Å². The van der Waals surface area contributed by atoms with Gasteiger partial charge in [0.2, 0.25) is 0 Å². The number of halogens is 1. The van der Waals surface area contributed by atoms with E-state index < -0.39 is 16.0 Å². The van der Waals surface area contributed by atoms with E-state index in [1.165, 1.54) is 49.8 Å². The molecule has 0 atom stereocenters. The fourth-order valence-corrected chi connectivity index (χ4v) is 3.67. The lowest BCUT2D eigenvalue weighted by atomic mass is 10.2. The van der Waals surface area contributed by atoms with E-state index in [9.17, 15) is 13.2 Å². The Labute approximate surface area is 172 Å². The molecule has 10 heteroatoms. The third kappa shape index (κ3) is 5.21. The van der Waals surface area contributed by atoms with Crippen LogP contribution in [0.2, 0.25) is 5.02 Å². The number of nitrogens with zero attached hydrogens (tertiary/aromatic N) is 2. The van der Waals surface area contributed by atoms with Crippen molar-refractivity contribution in [2.75, 3.05) is 11.8 Å². The van der Waals surface area contributed by atoms with Crippen LogP contribution in [-0.4, -0.2) is 31.7 Å². The zero-order valence-corrected chi connectivity index (χ0v) is 16.8. The first kappa shape index (κ1) is 20.6. The second-order valence-electron chi connectivity index (χ2n) is 5.80. The Hall–Kier alpha value is -3.17. The number of hydrogen-bond donors (Lipinski definition) is 1. The zero-order valence-electron chi connectivity index (χ0n) is 15.2. The molecule has 0 spiro atoms. The molecule has 0 aliphatic rings. The van der Waals surface area contributed by atoms with Crippen molar-refractivity contribution >= 4 is 33.3 Å². The minimum Gasteiger partial charge on any atom is -0.495 e. The summed E-state index contributed by atoms with van der Waals surface area (Å²) in [5, 5.41) is 7.67. The van der Waals surface area contributed by atoms with Gasteiger partial charge >= 0.3 is 5.97 Å². The number of carbonyl (C=O) groups is 1. The molecule has 0 saturated carbocycles. The largest absolute Gasteiger partial charge is 0.495 e. The number of anilines is 1. The van der Waals surface area contributed by atoms with Crippen molar-refractivity contribution in [3.8, 4) is 5.75 Å². The van der Waals surface area contributed by atoms with Crippen molar-refractivity contribution in [1.29, 1.82) is 0 Å². The Bertz CT molecular complexity index is 1120. The molecule has 0 bridgehead atoms. The van der Waals surface area contributed by atoms with Gasteiger partial charge in [-0.3, -0.25) is 4.72 Å². The molecule has 3 rings (SSSR count). The van der Waals surface area contributed by atoms with Crippen molar-refractivity contribution in [1.82, 2.24) is 10.2 Å². The van der Waals surface area contributed by atoms with Crippen LogP contribution in [0.25, 0.3) is 0 Å². The number of nitrogens with one attached hydrogen (secondary N) is 1. The van der Waals surface area contributed by atoms with Crippen molar-refractivity contribution in [3.63, 3.8) is 0 Å². The monoisotopic (exact) mass is 433 g/mol. The summed E-state index contributed by atoms with van der Waals surface area (Å²) in [6.45, 7) is -0.0106. The van der Waals surface area contributed by atoms with Crippen molar-refractivity contribution < 1.29 is 22.7 Å². The fraction of sp³-hybridized carbons (Fsp3) is 0.105. The average Bonchev–Trinajstić information content (AvgIpc) is 2.73. The van der Waals surface area contributed by atoms with Crippen LogP contribution in [0.15, 0.2) is 65.8 Å². The minimum absolute atomic E-state index is 0.0106. The van der Waals surface area contributed by atoms with Crippen LogP contribution in [0.5, 0.6) is 5.75 Å². The van der Waals surface area contributed by atoms with E-state index in [2.05, 4.69) is 14.9 Å². The van der Waals surface area contributed by atoms with E-state index in [4.69, 9.17) is 21.1 Å². The molecular weight excluding hydrogens is 418 g/mol. The average molecular weight is 434 g/mol. The molecule has 0 saturated heterocycles. The molecule has 150 valence electrons. The number of rotatable bonds is 7. The Balaban J connectivity index is 1.79. The van der Waals surface area contributed by atoms with Gasteiger partial charge in [0.1, 0.15) is 12.4 Å². The third-order valence-electron chi connectivity index (χ3n) is 3.80. The van der Waals surface area contributed by atoms with Crippen molar-refractivity contribution in [2.45, 2.75) is 11.5 Å². The summed E-state index contributed by atoms with van der Waals surface area (Å²) < 4.78 is 38.3. The van der Waals surface area contributed by atoms with Crippen LogP contribution in [0.3, 0.4) is 0 Å². The molecule has 1 N–H and O–H groups in total. The van der Waals surface area contributed by atoms with Crippen LogP contribution >= 0.6 is 11.6 Å². The Kier molecular flexibility index (Phi) is 6.30. The predicted molar refractivity (Wildman–Crippen MR) is 106 cm³/mol. The molecule has 0 fully saturated rings. The van der Waals surface area contributed by atoms with Gasteiger partial charge in [0.15, 0.2) is 0 Å². The van der Waals surface area contributed by atoms with Crippen LogP contribution in [-0.2, 0) is 21.4 Å². The molecule has 1 heterocycles. The quantitative estimate of drug-likeness (QED) is 0.569. The van der Waals surface area contributed by atoms with Gasteiger partial charge in [-0.15, -0.1) is 0 Å². The topological polar surface area (TPSA) is 107 Å². The van der Waals surface area contributed by atoms with Crippen molar-refractivity contribution in [3.05, 3.63) is 77.1 Å². The summed E-state index contributed by atoms with van der Waals surface area (Å²) in [5.41, 5.74) is 0.929. The lowest BCUT2D eigenvalue weighted by Gasteiger charge is -2.13. The highest BCUT2D eigenvalue weighted by atomic mass is 35.5. The lowest BCUT2D eigenvalue weighted by Crippen LogP contribution is -2.15. The number of carbonyl (C=O) groups excluding carboxylic acids is 1. The number of aromatic nitrogens is 2. The van der Waals surface area contributed by atoms with Gasteiger partial charge in [-0.05, 0) is 42.5 Å². The molecule has 0 amide bonds. The van der Waals surface area contributed by atoms with Gasteiger partial charge < -0.3 is 9.47 Å². The van der Waals surface area contributed by atoms with Crippen molar-refractivity contribution in [2.24, 2.45) is 0 Å². The van der Waals surface area contributed by atoms with Crippen LogP contribution in [0.4, 0.5) is 5.69 Å². The SMILES string of the molecule is COc1ccc(Cl)cc1NS(=O)(=O)c1cccc(C(=O)OCc2ccnnc2)c1. The summed E-state index contributed by atoms with van der Waals surface area (Å²) in [4.78, 5) is 12.2. The number of esters is 1. The summed E-state index contributed by atoms with van der Waals surface area (Å²) in [6, 6.07) is 11.7.